The smallest absolute Gasteiger partial charge is 0.262 e. The van der Waals surface area contributed by atoms with Gasteiger partial charge in [0.05, 0.1) is 11.8 Å². The summed E-state index contributed by atoms with van der Waals surface area (Å²) in [6.45, 7) is 2.98. The highest BCUT2D eigenvalue weighted by Crippen LogP contribution is 2.36. The summed E-state index contributed by atoms with van der Waals surface area (Å²) in [6.07, 6.45) is 2.19. The zero-order valence-corrected chi connectivity index (χ0v) is 11.6. The molecule has 5 heteroatoms. The van der Waals surface area contributed by atoms with Crippen LogP contribution in [0, 0.1) is 5.92 Å². The van der Waals surface area contributed by atoms with Crippen LogP contribution < -0.4 is 15.8 Å². The van der Waals surface area contributed by atoms with Crippen LogP contribution in [0.3, 0.4) is 0 Å². The van der Waals surface area contributed by atoms with E-state index in [4.69, 9.17) is 15.2 Å². The van der Waals surface area contributed by atoms with Crippen molar-refractivity contribution in [2.45, 2.75) is 31.9 Å². The molecule has 20 heavy (non-hydrogen) atoms. The van der Waals surface area contributed by atoms with Gasteiger partial charge in [0.25, 0.3) is 5.91 Å². The summed E-state index contributed by atoms with van der Waals surface area (Å²) in [5.74, 6) is 0.910. The maximum atomic E-state index is 11.4. The topological polar surface area (TPSA) is 73.6 Å². The SMILES string of the molecule is CCC1OCCC1C(N)c1ccc2c(c1)NC(=O)CO2. The lowest BCUT2D eigenvalue weighted by atomic mass is 9.87. The van der Waals surface area contributed by atoms with Gasteiger partial charge >= 0.3 is 0 Å². The molecular formula is C15H20N2O3. The van der Waals surface area contributed by atoms with Crippen LogP contribution in [0.4, 0.5) is 5.69 Å². The fourth-order valence-electron chi connectivity index (χ4n) is 3.05. The van der Waals surface area contributed by atoms with Crippen molar-refractivity contribution in [3.05, 3.63) is 23.8 Å². The molecule has 108 valence electrons. The van der Waals surface area contributed by atoms with E-state index in [1.807, 2.05) is 18.2 Å². The summed E-state index contributed by atoms with van der Waals surface area (Å²) in [7, 11) is 0. The molecular weight excluding hydrogens is 256 g/mol. The number of anilines is 1. The van der Waals surface area contributed by atoms with E-state index >= 15 is 0 Å². The second-order valence-electron chi connectivity index (χ2n) is 5.39. The molecule has 3 N–H and O–H groups in total. The molecule has 2 aliphatic rings. The first-order chi connectivity index (χ1) is 9.69. The van der Waals surface area contributed by atoms with Crippen molar-refractivity contribution in [1.29, 1.82) is 0 Å². The van der Waals surface area contributed by atoms with Gasteiger partial charge in [-0.3, -0.25) is 4.79 Å². The number of benzene rings is 1. The first-order valence-corrected chi connectivity index (χ1v) is 7.13. The molecule has 0 spiro atoms. The van der Waals surface area contributed by atoms with E-state index in [1.54, 1.807) is 0 Å². The predicted octanol–water partition coefficient (Wildman–Crippen LogP) is 1.83. The number of carbonyl (C=O) groups excluding carboxylic acids is 1. The second kappa shape index (κ2) is 5.42. The van der Waals surface area contributed by atoms with Crippen LogP contribution in [-0.4, -0.2) is 25.2 Å². The van der Waals surface area contributed by atoms with Crippen LogP contribution in [0.2, 0.25) is 0 Å². The van der Waals surface area contributed by atoms with Crippen LogP contribution in [0.5, 0.6) is 5.75 Å². The Hall–Kier alpha value is -1.59. The normalized spacial score (nSPS) is 26.6. The number of fused-ring (bicyclic) bond motifs is 1. The zero-order chi connectivity index (χ0) is 14.1. The number of hydrogen-bond donors (Lipinski definition) is 2. The second-order valence-corrected chi connectivity index (χ2v) is 5.39. The van der Waals surface area contributed by atoms with Crippen LogP contribution in [0.15, 0.2) is 18.2 Å². The largest absolute Gasteiger partial charge is 0.482 e. The first-order valence-electron chi connectivity index (χ1n) is 7.13. The number of nitrogens with two attached hydrogens (primary N) is 1. The molecule has 1 fully saturated rings. The molecule has 0 radical (unpaired) electrons. The summed E-state index contributed by atoms with van der Waals surface area (Å²) < 4.78 is 11.1. The first kappa shape index (κ1) is 13.4. The van der Waals surface area contributed by atoms with Crippen molar-refractivity contribution in [2.75, 3.05) is 18.5 Å². The van der Waals surface area contributed by atoms with Gasteiger partial charge in [0, 0.05) is 18.6 Å². The third kappa shape index (κ3) is 2.39. The molecule has 1 saturated heterocycles. The van der Waals surface area contributed by atoms with Crippen molar-refractivity contribution in [2.24, 2.45) is 11.7 Å². The van der Waals surface area contributed by atoms with Crippen molar-refractivity contribution in [3.63, 3.8) is 0 Å². The quantitative estimate of drug-likeness (QED) is 0.883. The van der Waals surface area contributed by atoms with Crippen LogP contribution in [0.25, 0.3) is 0 Å². The van der Waals surface area contributed by atoms with Crippen LogP contribution in [0.1, 0.15) is 31.4 Å². The summed E-state index contributed by atoms with van der Waals surface area (Å²) in [6, 6.07) is 5.70. The van der Waals surface area contributed by atoms with Gasteiger partial charge in [-0.15, -0.1) is 0 Å². The number of carbonyl (C=O) groups is 1. The van der Waals surface area contributed by atoms with Gasteiger partial charge in [-0.2, -0.15) is 0 Å². The van der Waals surface area contributed by atoms with E-state index in [0.29, 0.717) is 17.4 Å². The Morgan fingerprint density at radius 1 is 1.50 bits per heavy atom. The van der Waals surface area contributed by atoms with Gasteiger partial charge in [0.15, 0.2) is 6.61 Å². The van der Waals surface area contributed by atoms with Crippen molar-refractivity contribution in [1.82, 2.24) is 0 Å². The van der Waals surface area contributed by atoms with Gasteiger partial charge in [-0.05, 0) is 30.5 Å². The van der Waals surface area contributed by atoms with E-state index in [-0.39, 0.29) is 24.7 Å². The van der Waals surface area contributed by atoms with E-state index in [2.05, 4.69) is 12.2 Å². The molecule has 2 aliphatic heterocycles. The molecule has 3 unspecified atom stereocenters. The average molecular weight is 276 g/mol. The summed E-state index contributed by atoms with van der Waals surface area (Å²) >= 11 is 0. The molecule has 0 saturated carbocycles. The molecule has 1 aromatic carbocycles. The fraction of sp³-hybridized carbons (Fsp3) is 0.533. The van der Waals surface area contributed by atoms with E-state index in [1.165, 1.54) is 0 Å². The maximum absolute atomic E-state index is 11.4. The van der Waals surface area contributed by atoms with Crippen molar-refractivity contribution in [3.8, 4) is 5.75 Å². The lowest BCUT2D eigenvalue weighted by Gasteiger charge is -2.26. The van der Waals surface area contributed by atoms with E-state index < -0.39 is 0 Å². The number of hydrogen-bond acceptors (Lipinski definition) is 4. The molecule has 3 rings (SSSR count). The number of amides is 1. The molecule has 1 aromatic rings. The molecule has 2 heterocycles. The van der Waals surface area contributed by atoms with Gasteiger partial charge in [-0.1, -0.05) is 13.0 Å². The number of rotatable bonds is 3. The standard InChI is InChI=1S/C15H20N2O3/c1-2-12-10(5-6-19-12)15(16)9-3-4-13-11(7-9)17-14(18)8-20-13/h3-4,7,10,12,15H,2,5-6,8,16H2,1H3,(H,17,18). The van der Waals surface area contributed by atoms with Crippen molar-refractivity contribution >= 4 is 11.6 Å². The summed E-state index contributed by atoms with van der Waals surface area (Å²) in [5.41, 5.74) is 8.13. The highest BCUT2D eigenvalue weighted by atomic mass is 16.5. The van der Waals surface area contributed by atoms with Crippen LogP contribution in [-0.2, 0) is 9.53 Å². The molecule has 5 nitrogen and oxygen atoms in total. The minimum atomic E-state index is -0.126. The Balaban J connectivity index is 1.83. The number of ether oxygens (including phenoxy) is 2. The molecule has 0 aliphatic carbocycles. The Morgan fingerprint density at radius 2 is 2.35 bits per heavy atom. The predicted molar refractivity (Wildman–Crippen MR) is 75.6 cm³/mol. The van der Waals surface area contributed by atoms with E-state index in [0.717, 1.165) is 25.0 Å². The Labute approximate surface area is 118 Å². The Bertz CT molecular complexity index is 518. The van der Waals surface area contributed by atoms with Gasteiger partial charge in [0.2, 0.25) is 0 Å². The zero-order valence-electron chi connectivity index (χ0n) is 11.6. The minimum Gasteiger partial charge on any atom is -0.482 e. The molecule has 0 bridgehead atoms. The maximum Gasteiger partial charge on any atom is 0.262 e. The summed E-state index contributed by atoms with van der Waals surface area (Å²) in [4.78, 5) is 11.4. The third-order valence-electron chi connectivity index (χ3n) is 4.15. The molecule has 3 atom stereocenters. The van der Waals surface area contributed by atoms with Gasteiger partial charge < -0.3 is 20.5 Å². The monoisotopic (exact) mass is 276 g/mol. The lowest BCUT2D eigenvalue weighted by Crippen LogP contribution is -2.29. The van der Waals surface area contributed by atoms with E-state index in [9.17, 15) is 4.79 Å². The Morgan fingerprint density at radius 3 is 3.15 bits per heavy atom. The number of nitrogens with one attached hydrogen (secondary N) is 1. The summed E-state index contributed by atoms with van der Waals surface area (Å²) in [5, 5.41) is 2.82. The Kier molecular flexibility index (Phi) is 3.63. The van der Waals surface area contributed by atoms with Crippen LogP contribution >= 0.6 is 0 Å². The van der Waals surface area contributed by atoms with Gasteiger partial charge in [0.1, 0.15) is 5.75 Å². The highest BCUT2D eigenvalue weighted by Gasteiger charge is 2.33. The molecule has 1 amide bonds. The van der Waals surface area contributed by atoms with Crippen molar-refractivity contribution < 1.29 is 14.3 Å². The fourth-order valence-corrected chi connectivity index (χ4v) is 3.05. The van der Waals surface area contributed by atoms with Gasteiger partial charge in [-0.25, -0.2) is 0 Å². The lowest BCUT2D eigenvalue weighted by molar-refractivity contribution is -0.118. The average Bonchev–Trinajstić information content (AvgIpc) is 2.94. The third-order valence-corrected chi connectivity index (χ3v) is 4.15. The highest BCUT2D eigenvalue weighted by molar-refractivity contribution is 5.95. The molecule has 0 aromatic heterocycles. The minimum absolute atomic E-state index is 0.0762.